The second-order valence-electron chi connectivity index (χ2n) is 7.91. The van der Waals surface area contributed by atoms with Crippen molar-refractivity contribution in [2.24, 2.45) is 0 Å². The van der Waals surface area contributed by atoms with Crippen LogP contribution >= 0.6 is 0 Å². The lowest BCUT2D eigenvalue weighted by atomic mass is 10.1. The summed E-state index contributed by atoms with van der Waals surface area (Å²) in [6.07, 6.45) is 1.40. The smallest absolute Gasteiger partial charge is 0.276 e. The van der Waals surface area contributed by atoms with Gasteiger partial charge in [0.25, 0.3) is 11.8 Å². The molecule has 0 aromatic heterocycles. The van der Waals surface area contributed by atoms with Crippen LogP contribution in [0.2, 0.25) is 0 Å². The molecule has 35 heavy (non-hydrogen) atoms. The van der Waals surface area contributed by atoms with Gasteiger partial charge in [-0.3, -0.25) is 20.4 Å². The van der Waals surface area contributed by atoms with Gasteiger partial charge in [0.2, 0.25) is 10.0 Å². The van der Waals surface area contributed by atoms with Gasteiger partial charge in [0.15, 0.2) is 6.61 Å². The van der Waals surface area contributed by atoms with Gasteiger partial charge in [-0.05, 0) is 42.7 Å². The van der Waals surface area contributed by atoms with Gasteiger partial charge in [-0.1, -0.05) is 48.5 Å². The Morgan fingerprint density at radius 3 is 2.34 bits per heavy atom. The van der Waals surface area contributed by atoms with Gasteiger partial charge in [-0.25, -0.2) is 12.8 Å². The van der Waals surface area contributed by atoms with Gasteiger partial charge < -0.3 is 4.74 Å². The van der Waals surface area contributed by atoms with Gasteiger partial charge in [-0.2, -0.15) is 4.31 Å². The lowest BCUT2D eigenvalue weighted by molar-refractivity contribution is -0.123. The highest BCUT2D eigenvalue weighted by Crippen LogP contribution is 2.29. The fourth-order valence-corrected chi connectivity index (χ4v) is 5.34. The van der Waals surface area contributed by atoms with Crippen LogP contribution in [-0.4, -0.2) is 44.2 Å². The maximum Gasteiger partial charge on any atom is 0.276 e. The number of para-hydroxylation sites is 1. The molecular formula is C25H24FN3O5S. The van der Waals surface area contributed by atoms with Crippen LogP contribution in [0.15, 0.2) is 77.7 Å². The molecule has 0 saturated carbocycles. The quantitative estimate of drug-likeness (QED) is 0.488. The third-order valence-electron chi connectivity index (χ3n) is 5.52. The molecule has 0 bridgehead atoms. The van der Waals surface area contributed by atoms with Crippen LogP contribution in [0.25, 0.3) is 11.1 Å². The lowest BCUT2D eigenvalue weighted by Crippen LogP contribution is -2.44. The molecule has 1 aliphatic heterocycles. The summed E-state index contributed by atoms with van der Waals surface area (Å²) in [4.78, 5) is 24.1. The van der Waals surface area contributed by atoms with E-state index in [1.807, 2.05) is 42.5 Å². The molecule has 1 aliphatic rings. The number of sulfonamides is 1. The average molecular weight is 498 g/mol. The van der Waals surface area contributed by atoms with E-state index in [0.29, 0.717) is 31.7 Å². The minimum Gasteiger partial charge on any atom is -0.483 e. The van der Waals surface area contributed by atoms with E-state index in [9.17, 15) is 22.4 Å². The van der Waals surface area contributed by atoms with Gasteiger partial charge in [-0.15, -0.1) is 0 Å². The minimum atomic E-state index is -4.05. The summed E-state index contributed by atoms with van der Waals surface area (Å²) in [7, 11) is -4.05. The molecule has 0 radical (unpaired) electrons. The fourth-order valence-electron chi connectivity index (χ4n) is 3.74. The Balaban J connectivity index is 1.37. The van der Waals surface area contributed by atoms with E-state index in [0.717, 1.165) is 29.3 Å². The van der Waals surface area contributed by atoms with Crippen molar-refractivity contribution in [1.82, 2.24) is 15.2 Å². The van der Waals surface area contributed by atoms with E-state index in [2.05, 4.69) is 10.9 Å². The zero-order chi connectivity index (χ0) is 24.8. The summed E-state index contributed by atoms with van der Waals surface area (Å²) in [6, 6.07) is 19.8. The number of halogens is 1. The third kappa shape index (κ3) is 5.67. The number of nitrogens with one attached hydrogen (secondary N) is 2. The number of amides is 2. The topological polar surface area (TPSA) is 105 Å². The maximum atomic E-state index is 14.3. The van der Waals surface area contributed by atoms with Crippen molar-refractivity contribution in [2.75, 3.05) is 19.7 Å². The Kier molecular flexibility index (Phi) is 7.42. The largest absolute Gasteiger partial charge is 0.483 e. The van der Waals surface area contributed by atoms with Crippen LogP contribution in [0.3, 0.4) is 0 Å². The highest BCUT2D eigenvalue weighted by molar-refractivity contribution is 7.89. The number of hydrazine groups is 1. The molecule has 0 spiro atoms. The predicted octanol–water partition coefficient (Wildman–Crippen LogP) is 3.12. The minimum absolute atomic E-state index is 0.111. The summed E-state index contributed by atoms with van der Waals surface area (Å²) < 4.78 is 46.5. The van der Waals surface area contributed by atoms with E-state index >= 15 is 0 Å². The van der Waals surface area contributed by atoms with Gasteiger partial charge in [0.1, 0.15) is 16.5 Å². The number of carbonyl (C=O) groups is 2. The van der Waals surface area contributed by atoms with Crippen LogP contribution in [0, 0.1) is 5.82 Å². The molecule has 3 aromatic carbocycles. The zero-order valence-corrected chi connectivity index (χ0v) is 19.6. The number of benzene rings is 3. The number of ether oxygens (including phenoxy) is 1. The molecule has 10 heteroatoms. The summed E-state index contributed by atoms with van der Waals surface area (Å²) in [6.45, 7) is 0.242. The number of nitrogens with zero attached hydrogens (tertiary/aromatic N) is 1. The summed E-state index contributed by atoms with van der Waals surface area (Å²) in [5, 5.41) is 0. The normalized spacial score (nSPS) is 13.9. The Bertz CT molecular complexity index is 1330. The Labute approximate surface area is 202 Å². The molecule has 3 aromatic rings. The highest BCUT2D eigenvalue weighted by atomic mass is 32.2. The van der Waals surface area contributed by atoms with Gasteiger partial charge in [0.05, 0.1) is 0 Å². The van der Waals surface area contributed by atoms with Gasteiger partial charge >= 0.3 is 0 Å². The fraction of sp³-hybridized carbons (Fsp3) is 0.200. The molecule has 0 atom stereocenters. The maximum absolute atomic E-state index is 14.3. The molecule has 2 N–H and O–H groups in total. The molecule has 1 fully saturated rings. The predicted molar refractivity (Wildman–Crippen MR) is 127 cm³/mol. The average Bonchev–Trinajstić information content (AvgIpc) is 3.43. The second-order valence-corrected chi connectivity index (χ2v) is 9.82. The number of rotatable bonds is 7. The van der Waals surface area contributed by atoms with E-state index in [4.69, 9.17) is 4.74 Å². The van der Waals surface area contributed by atoms with Crippen LogP contribution in [0.4, 0.5) is 4.39 Å². The van der Waals surface area contributed by atoms with Crippen LogP contribution < -0.4 is 15.6 Å². The van der Waals surface area contributed by atoms with Crippen molar-refractivity contribution >= 4 is 21.8 Å². The second kappa shape index (κ2) is 10.7. The van der Waals surface area contributed by atoms with Crippen molar-refractivity contribution in [1.29, 1.82) is 0 Å². The molecule has 0 unspecified atom stereocenters. The number of hydrogen-bond donors (Lipinski definition) is 2. The standard InChI is InChI=1S/C25H24FN3O5S/c26-21-13-12-19(16-23(21)35(32,33)29-14-6-7-15-29)25(31)28-27-24(30)17-34-22-11-5-4-10-20(22)18-8-2-1-3-9-18/h1-5,8-13,16H,6-7,14-15,17H2,(H,27,30)(H,28,31). The van der Waals surface area contributed by atoms with Crippen molar-refractivity contribution in [2.45, 2.75) is 17.7 Å². The first-order valence-corrected chi connectivity index (χ1v) is 12.5. The SMILES string of the molecule is O=C(COc1ccccc1-c1ccccc1)NNC(=O)c1ccc(F)c(S(=O)(=O)N2CCCC2)c1. The number of hydrogen-bond acceptors (Lipinski definition) is 5. The Hall–Kier alpha value is -3.76. The molecule has 1 saturated heterocycles. The Morgan fingerprint density at radius 1 is 0.914 bits per heavy atom. The molecule has 0 aliphatic carbocycles. The summed E-state index contributed by atoms with van der Waals surface area (Å²) >= 11 is 0. The lowest BCUT2D eigenvalue weighted by Gasteiger charge is -2.16. The third-order valence-corrected chi connectivity index (χ3v) is 7.44. The first-order valence-electron chi connectivity index (χ1n) is 11.0. The highest BCUT2D eigenvalue weighted by Gasteiger charge is 2.30. The molecule has 2 amide bonds. The first kappa shape index (κ1) is 24.4. The van der Waals surface area contributed by atoms with E-state index < -0.39 is 32.6 Å². The van der Waals surface area contributed by atoms with Crippen molar-refractivity contribution in [3.05, 3.63) is 84.2 Å². The number of carbonyl (C=O) groups excluding carboxylic acids is 2. The van der Waals surface area contributed by atoms with E-state index in [1.54, 1.807) is 12.1 Å². The van der Waals surface area contributed by atoms with Crippen molar-refractivity contribution in [3.8, 4) is 16.9 Å². The molecular weight excluding hydrogens is 473 g/mol. The van der Waals surface area contributed by atoms with Gasteiger partial charge in [0, 0.05) is 24.2 Å². The molecule has 1 heterocycles. The zero-order valence-electron chi connectivity index (χ0n) is 18.7. The summed E-state index contributed by atoms with van der Waals surface area (Å²) in [5.74, 6) is -1.87. The van der Waals surface area contributed by atoms with E-state index in [-0.39, 0.29) is 12.2 Å². The van der Waals surface area contributed by atoms with E-state index in [1.165, 1.54) is 4.31 Å². The Morgan fingerprint density at radius 2 is 1.60 bits per heavy atom. The van der Waals surface area contributed by atoms with Crippen molar-refractivity contribution < 1.29 is 27.1 Å². The van der Waals surface area contributed by atoms with Crippen LogP contribution in [0.1, 0.15) is 23.2 Å². The molecule has 182 valence electrons. The molecule has 8 nitrogen and oxygen atoms in total. The van der Waals surface area contributed by atoms with Crippen LogP contribution in [-0.2, 0) is 14.8 Å². The first-order chi connectivity index (χ1) is 16.9. The summed E-state index contributed by atoms with van der Waals surface area (Å²) in [5.41, 5.74) is 6.04. The molecule has 4 rings (SSSR count). The van der Waals surface area contributed by atoms with Crippen LogP contribution in [0.5, 0.6) is 5.75 Å². The monoisotopic (exact) mass is 497 g/mol. The van der Waals surface area contributed by atoms with Crippen molar-refractivity contribution in [3.63, 3.8) is 0 Å².